The zero-order valence-corrected chi connectivity index (χ0v) is 14.4. The standard InChI is InChI=1S/C11H16N4OS4/c1-18-10-14-13-9(20-10)12-8(16)7-19-11(17)15-5-3-2-4-6-15/h2-7H2,1H3,(H,12,13,16). The van der Waals surface area contributed by atoms with E-state index in [1.807, 2.05) is 6.26 Å². The molecular formula is C11H16N4OS4. The maximum atomic E-state index is 11.8. The second-order valence-corrected chi connectivity index (χ2v) is 7.87. The predicted molar refractivity (Wildman–Crippen MR) is 90.8 cm³/mol. The molecule has 1 N–H and O–H groups in total. The van der Waals surface area contributed by atoms with E-state index in [9.17, 15) is 4.79 Å². The fraction of sp³-hybridized carbons (Fsp3) is 0.636. The third-order valence-electron chi connectivity index (χ3n) is 2.77. The number of nitrogens with one attached hydrogen (secondary N) is 1. The van der Waals surface area contributed by atoms with Gasteiger partial charge in [-0.25, -0.2) is 0 Å². The molecule has 1 aliphatic rings. The van der Waals surface area contributed by atoms with Crippen LogP contribution in [0, 0.1) is 0 Å². The molecule has 20 heavy (non-hydrogen) atoms. The molecule has 1 fully saturated rings. The van der Waals surface area contributed by atoms with E-state index in [0.717, 1.165) is 21.7 Å². The summed E-state index contributed by atoms with van der Waals surface area (Å²) in [6.07, 6.45) is 5.59. The molecule has 1 aromatic heterocycles. The van der Waals surface area contributed by atoms with Crippen LogP contribution >= 0.6 is 47.1 Å². The number of likely N-dealkylation sites (tertiary alicyclic amines) is 1. The van der Waals surface area contributed by atoms with E-state index in [-0.39, 0.29) is 5.91 Å². The SMILES string of the molecule is CSc1nnc(NC(=O)CSC(=S)N2CCCCC2)s1. The molecule has 110 valence electrons. The minimum Gasteiger partial charge on any atom is -0.358 e. The van der Waals surface area contributed by atoms with Crippen molar-refractivity contribution >= 4 is 62.4 Å². The Morgan fingerprint density at radius 1 is 1.40 bits per heavy atom. The third kappa shape index (κ3) is 4.87. The highest BCUT2D eigenvalue weighted by Crippen LogP contribution is 2.23. The maximum absolute atomic E-state index is 11.8. The maximum Gasteiger partial charge on any atom is 0.236 e. The summed E-state index contributed by atoms with van der Waals surface area (Å²) in [5, 5.41) is 11.1. The van der Waals surface area contributed by atoms with E-state index in [1.165, 1.54) is 54.1 Å². The number of thioether (sulfide) groups is 2. The van der Waals surface area contributed by atoms with Crippen LogP contribution in [0.2, 0.25) is 0 Å². The number of carbonyl (C=O) groups is 1. The molecule has 0 bridgehead atoms. The van der Waals surface area contributed by atoms with E-state index >= 15 is 0 Å². The first-order valence-corrected chi connectivity index (χ1v) is 9.71. The summed E-state index contributed by atoms with van der Waals surface area (Å²) in [7, 11) is 0. The van der Waals surface area contributed by atoms with Gasteiger partial charge in [0.05, 0.1) is 5.75 Å². The van der Waals surface area contributed by atoms with Crippen molar-refractivity contribution in [2.45, 2.75) is 23.6 Å². The van der Waals surface area contributed by atoms with Gasteiger partial charge in [-0.3, -0.25) is 10.1 Å². The highest BCUT2D eigenvalue weighted by molar-refractivity contribution is 8.23. The number of amides is 1. The molecule has 0 saturated carbocycles. The van der Waals surface area contributed by atoms with Crippen molar-refractivity contribution in [3.63, 3.8) is 0 Å². The number of rotatable bonds is 4. The zero-order chi connectivity index (χ0) is 14.4. The highest BCUT2D eigenvalue weighted by Gasteiger charge is 2.15. The summed E-state index contributed by atoms with van der Waals surface area (Å²) in [6.45, 7) is 2.03. The first kappa shape index (κ1) is 16.0. The van der Waals surface area contributed by atoms with Crippen LogP contribution in [0.1, 0.15) is 19.3 Å². The first-order valence-electron chi connectivity index (χ1n) is 6.28. The van der Waals surface area contributed by atoms with Crippen molar-refractivity contribution in [3.05, 3.63) is 0 Å². The van der Waals surface area contributed by atoms with E-state index in [1.54, 1.807) is 0 Å². The van der Waals surface area contributed by atoms with Crippen LogP contribution in [0.5, 0.6) is 0 Å². The Kier molecular flexibility index (Phi) is 6.53. The lowest BCUT2D eigenvalue weighted by Gasteiger charge is -2.28. The molecule has 1 saturated heterocycles. The monoisotopic (exact) mass is 348 g/mol. The lowest BCUT2D eigenvalue weighted by Crippen LogP contribution is -2.33. The molecule has 0 spiro atoms. The summed E-state index contributed by atoms with van der Waals surface area (Å²) < 4.78 is 1.67. The van der Waals surface area contributed by atoms with Gasteiger partial charge in [-0.1, -0.05) is 47.1 Å². The molecule has 9 heteroatoms. The molecule has 0 unspecified atom stereocenters. The van der Waals surface area contributed by atoms with Gasteiger partial charge in [0.15, 0.2) is 4.34 Å². The third-order valence-corrected chi connectivity index (χ3v) is 6.11. The molecule has 1 amide bonds. The van der Waals surface area contributed by atoms with Crippen LogP contribution < -0.4 is 5.32 Å². The molecule has 5 nitrogen and oxygen atoms in total. The second-order valence-electron chi connectivity index (χ2n) is 4.23. The molecule has 2 rings (SSSR count). The Bertz CT molecular complexity index is 473. The van der Waals surface area contributed by atoms with Gasteiger partial charge in [-0.2, -0.15) is 0 Å². The Hall–Kier alpha value is -0.380. The fourth-order valence-electron chi connectivity index (χ4n) is 1.79. The van der Waals surface area contributed by atoms with Crippen LogP contribution in [-0.2, 0) is 4.79 Å². The number of hydrogen-bond acceptors (Lipinski definition) is 7. The van der Waals surface area contributed by atoms with Crippen LogP contribution in [0.25, 0.3) is 0 Å². The van der Waals surface area contributed by atoms with Gasteiger partial charge in [0.25, 0.3) is 0 Å². The molecule has 1 aliphatic heterocycles. The van der Waals surface area contributed by atoms with Crippen molar-refractivity contribution in [1.29, 1.82) is 0 Å². The summed E-state index contributed by atoms with van der Waals surface area (Å²) in [4.78, 5) is 14.0. The minimum absolute atomic E-state index is 0.0850. The van der Waals surface area contributed by atoms with Gasteiger partial charge in [-0.15, -0.1) is 10.2 Å². The molecule has 0 atom stereocenters. The number of thiocarbonyl (C=S) groups is 1. The summed E-state index contributed by atoms with van der Waals surface area (Å²) in [5.41, 5.74) is 0. The first-order chi connectivity index (χ1) is 9.69. The molecule has 2 heterocycles. The lowest BCUT2D eigenvalue weighted by atomic mass is 10.1. The summed E-state index contributed by atoms with van der Waals surface area (Å²) >= 11 is 9.67. The Morgan fingerprint density at radius 2 is 2.15 bits per heavy atom. The second kappa shape index (κ2) is 8.16. The van der Waals surface area contributed by atoms with Gasteiger partial charge >= 0.3 is 0 Å². The number of hydrogen-bond donors (Lipinski definition) is 1. The van der Waals surface area contributed by atoms with E-state index in [2.05, 4.69) is 20.4 Å². The van der Waals surface area contributed by atoms with Crippen LogP contribution in [0.3, 0.4) is 0 Å². The Labute approximate surface area is 136 Å². The van der Waals surface area contributed by atoms with E-state index in [0.29, 0.717) is 10.9 Å². The van der Waals surface area contributed by atoms with Crippen molar-refractivity contribution in [2.75, 3.05) is 30.4 Å². The summed E-state index contributed by atoms with van der Waals surface area (Å²) in [6, 6.07) is 0. The topological polar surface area (TPSA) is 58.1 Å². The number of carbonyl (C=O) groups excluding carboxylic acids is 1. The van der Waals surface area contributed by atoms with Gasteiger partial charge in [0.2, 0.25) is 11.0 Å². The normalized spacial score (nSPS) is 15.2. The van der Waals surface area contributed by atoms with Crippen molar-refractivity contribution < 1.29 is 4.79 Å². The van der Waals surface area contributed by atoms with Gasteiger partial charge in [0.1, 0.15) is 4.32 Å². The van der Waals surface area contributed by atoms with Crippen molar-refractivity contribution in [1.82, 2.24) is 15.1 Å². The van der Waals surface area contributed by atoms with E-state index in [4.69, 9.17) is 12.2 Å². The summed E-state index contributed by atoms with van der Waals surface area (Å²) in [5.74, 6) is 0.238. The Balaban J connectivity index is 1.72. The number of anilines is 1. The average Bonchev–Trinajstić information content (AvgIpc) is 2.93. The number of piperidine rings is 1. The zero-order valence-electron chi connectivity index (χ0n) is 11.1. The highest BCUT2D eigenvalue weighted by atomic mass is 32.2. The van der Waals surface area contributed by atoms with Crippen LogP contribution in [0.4, 0.5) is 5.13 Å². The molecule has 1 aromatic rings. The fourth-order valence-corrected chi connectivity index (χ4v) is 4.03. The quantitative estimate of drug-likeness (QED) is 0.510. The number of aromatic nitrogens is 2. The minimum atomic E-state index is -0.0850. The molecule has 0 aromatic carbocycles. The lowest BCUT2D eigenvalue weighted by molar-refractivity contribution is -0.113. The molecule has 0 radical (unpaired) electrons. The molecular weight excluding hydrogens is 332 g/mol. The Morgan fingerprint density at radius 3 is 2.80 bits per heavy atom. The van der Waals surface area contributed by atoms with E-state index < -0.39 is 0 Å². The average molecular weight is 349 g/mol. The van der Waals surface area contributed by atoms with Gasteiger partial charge in [0, 0.05) is 13.1 Å². The van der Waals surface area contributed by atoms with Crippen molar-refractivity contribution in [3.8, 4) is 0 Å². The van der Waals surface area contributed by atoms with Gasteiger partial charge < -0.3 is 4.90 Å². The largest absolute Gasteiger partial charge is 0.358 e. The molecule has 0 aliphatic carbocycles. The van der Waals surface area contributed by atoms with Gasteiger partial charge in [-0.05, 0) is 25.5 Å². The number of nitrogens with zero attached hydrogens (tertiary/aromatic N) is 3. The van der Waals surface area contributed by atoms with Crippen LogP contribution in [-0.4, -0.2) is 50.4 Å². The van der Waals surface area contributed by atoms with Crippen molar-refractivity contribution in [2.24, 2.45) is 0 Å². The predicted octanol–water partition coefficient (Wildman–Crippen LogP) is 2.70. The smallest absolute Gasteiger partial charge is 0.236 e. The van der Waals surface area contributed by atoms with Crippen LogP contribution in [0.15, 0.2) is 4.34 Å².